The largest absolute Gasteiger partial charge is 0.491 e. The first-order valence-corrected chi connectivity index (χ1v) is 4.03. The maximum absolute atomic E-state index is 5.83. The number of ether oxygens (including phenoxy) is 1. The monoisotopic (exact) mass is 186 g/mol. The van der Waals surface area contributed by atoms with Gasteiger partial charge in [0.05, 0.1) is 5.02 Å². The van der Waals surface area contributed by atoms with Crippen LogP contribution in [0, 0.1) is 0 Å². The summed E-state index contributed by atoms with van der Waals surface area (Å²) >= 11 is 5.83. The van der Waals surface area contributed by atoms with Crippen molar-refractivity contribution in [1.29, 1.82) is 0 Å². The van der Waals surface area contributed by atoms with E-state index in [-0.39, 0.29) is 0 Å². The van der Waals surface area contributed by atoms with E-state index >= 15 is 0 Å². The Bertz CT molecular complexity index is 242. The SMILES string of the molecule is NNCCOc1ccccc1Cl. The van der Waals surface area contributed by atoms with Gasteiger partial charge in [0.1, 0.15) is 12.4 Å². The predicted octanol–water partition coefficient (Wildman–Crippen LogP) is 1.18. The average molecular weight is 187 g/mol. The number of benzene rings is 1. The van der Waals surface area contributed by atoms with Crippen LogP contribution in [0.4, 0.5) is 0 Å². The standard InChI is InChI=1S/C8H11ClN2O/c9-7-3-1-2-4-8(7)12-6-5-11-10/h1-4,11H,5-6,10H2. The van der Waals surface area contributed by atoms with Crippen molar-refractivity contribution in [2.45, 2.75) is 0 Å². The molecule has 0 atom stereocenters. The molecule has 0 aliphatic rings. The van der Waals surface area contributed by atoms with Gasteiger partial charge in [0.15, 0.2) is 0 Å². The molecule has 1 rings (SSSR count). The van der Waals surface area contributed by atoms with Gasteiger partial charge in [-0.15, -0.1) is 0 Å². The summed E-state index contributed by atoms with van der Waals surface area (Å²) in [7, 11) is 0. The first kappa shape index (κ1) is 9.32. The van der Waals surface area contributed by atoms with Crippen LogP contribution in [0.5, 0.6) is 5.75 Å². The van der Waals surface area contributed by atoms with Crippen LogP contribution >= 0.6 is 11.6 Å². The lowest BCUT2D eigenvalue weighted by Gasteiger charge is -2.06. The number of hydrogen-bond acceptors (Lipinski definition) is 3. The van der Waals surface area contributed by atoms with Crippen LogP contribution in [0.25, 0.3) is 0 Å². The Balaban J connectivity index is 2.46. The third-order valence-corrected chi connectivity index (χ3v) is 1.65. The van der Waals surface area contributed by atoms with Crippen LogP contribution < -0.4 is 16.0 Å². The Morgan fingerprint density at radius 1 is 1.42 bits per heavy atom. The summed E-state index contributed by atoms with van der Waals surface area (Å²) < 4.78 is 5.30. The first-order chi connectivity index (χ1) is 5.84. The molecular formula is C8H11ClN2O. The second-order valence-electron chi connectivity index (χ2n) is 2.23. The summed E-state index contributed by atoms with van der Waals surface area (Å²) in [6.07, 6.45) is 0. The number of nitrogens with one attached hydrogen (secondary N) is 1. The fraction of sp³-hybridized carbons (Fsp3) is 0.250. The number of hydrazine groups is 1. The molecule has 0 radical (unpaired) electrons. The summed E-state index contributed by atoms with van der Waals surface area (Å²) in [6, 6.07) is 7.33. The molecule has 0 aliphatic carbocycles. The lowest BCUT2D eigenvalue weighted by molar-refractivity contribution is 0.315. The molecule has 3 N–H and O–H groups in total. The summed E-state index contributed by atoms with van der Waals surface area (Å²) in [5, 5.41) is 0.620. The van der Waals surface area contributed by atoms with E-state index in [1.807, 2.05) is 18.2 Å². The quantitative estimate of drug-likeness (QED) is 0.422. The summed E-state index contributed by atoms with van der Waals surface area (Å²) in [4.78, 5) is 0. The van der Waals surface area contributed by atoms with Crippen LogP contribution in [-0.2, 0) is 0 Å². The van der Waals surface area contributed by atoms with E-state index in [1.165, 1.54) is 0 Å². The molecule has 4 heteroatoms. The Labute approximate surface area is 76.4 Å². The second-order valence-corrected chi connectivity index (χ2v) is 2.64. The molecule has 0 heterocycles. The van der Waals surface area contributed by atoms with Gasteiger partial charge in [-0.2, -0.15) is 0 Å². The van der Waals surface area contributed by atoms with Crippen molar-refractivity contribution in [2.24, 2.45) is 5.84 Å². The van der Waals surface area contributed by atoms with E-state index in [9.17, 15) is 0 Å². The fourth-order valence-corrected chi connectivity index (χ4v) is 0.972. The van der Waals surface area contributed by atoms with Crippen molar-refractivity contribution in [3.05, 3.63) is 29.3 Å². The molecule has 0 aromatic heterocycles. The molecule has 12 heavy (non-hydrogen) atoms. The van der Waals surface area contributed by atoms with Gasteiger partial charge >= 0.3 is 0 Å². The number of para-hydroxylation sites is 1. The number of hydrogen-bond donors (Lipinski definition) is 2. The molecular weight excluding hydrogens is 176 g/mol. The molecule has 0 saturated carbocycles. The molecule has 1 aromatic carbocycles. The molecule has 0 saturated heterocycles. The number of halogens is 1. The molecule has 3 nitrogen and oxygen atoms in total. The minimum atomic E-state index is 0.514. The highest BCUT2D eigenvalue weighted by molar-refractivity contribution is 6.32. The van der Waals surface area contributed by atoms with Gasteiger partial charge in [-0.05, 0) is 12.1 Å². The number of rotatable bonds is 4. The summed E-state index contributed by atoms with van der Waals surface area (Å²) in [6.45, 7) is 1.12. The lowest BCUT2D eigenvalue weighted by Crippen LogP contribution is -2.27. The van der Waals surface area contributed by atoms with E-state index in [4.69, 9.17) is 22.2 Å². The zero-order valence-corrected chi connectivity index (χ0v) is 7.34. The Kier molecular flexibility index (Phi) is 3.87. The Morgan fingerprint density at radius 3 is 2.83 bits per heavy atom. The Morgan fingerprint density at radius 2 is 2.17 bits per heavy atom. The van der Waals surface area contributed by atoms with E-state index in [1.54, 1.807) is 6.07 Å². The van der Waals surface area contributed by atoms with Crippen molar-refractivity contribution < 1.29 is 4.74 Å². The first-order valence-electron chi connectivity index (χ1n) is 3.65. The highest BCUT2D eigenvalue weighted by atomic mass is 35.5. The Hall–Kier alpha value is -0.770. The summed E-state index contributed by atoms with van der Waals surface area (Å²) in [5.41, 5.74) is 2.49. The fourth-order valence-electron chi connectivity index (χ4n) is 0.782. The normalized spacial score (nSPS) is 9.83. The molecule has 1 aromatic rings. The van der Waals surface area contributed by atoms with Crippen LogP contribution in [0.15, 0.2) is 24.3 Å². The van der Waals surface area contributed by atoms with E-state index in [0.717, 1.165) is 0 Å². The topological polar surface area (TPSA) is 47.3 Å². The predicted molar refractivity (Wildman–Crippen MR) is 49.1 cm³/mol. The van der Waals surface area contributed by atoms with Gasteiger partial charge in [-0.1, -0.05) is 23.7 Å². The molecule has 0 spiro atoms. The van der Waals surface area contributed by atoms with E-state index in [0.29, 0.717) is 23.9 Å². The van der Waals surface area contributed by atoms with Crippen molar-refractivity contribution in [3.8, 4) is 5.75 Å². The van der Waals surface area contributed by atoms with Gasteiger partial charge in [-0.3, -0.25) is 11.3 Å². The molecule has 0 fully saturated rings. The minimum Gasteiger partial charge on any atom is -0.491 e. The highest BCUT2D eigenvalue weighted by Crippen LogP contribution is 2.22. The van der Waals surface area contributed by atoms with Crippen molar-refractivity contribution >= 4 is 11.6 Å². The van der Waals surface area contributed by atoms with Gasteiger partial charge in [-0.25, -0.2) is 0 Å². The number of nitrogens with two attached hydrogens (primary N) is 1. The van der Waals surface area contributed by atoms with Crippen molar-refractivity contribution in [1.82, 2.24) is 5.43 Å². The maximum atomic E-state index is 5.83. The molecule has 0 bridgehead atoms. The van der Waals surface area contributed by atoms with Gasteiger partial charge in [0.2, 0.25) is 0 Å². The lowest BCUT2D eigenvalue weighted by atomic mass is 10.3. The second kappa shape index (κ2) is 4.98. The van der Waals surface area contributed by atoms with Crippen molar-refractivity contribution in [3.63, 3.8) is 0 Å². The molecule has 0 aliphatic heterocycles. The van der Waals surface area contributed by atoms with Crippen LogP contribution in [0.3, 0.4) is 0 Å². The minimum absolute atomic E-state index is 0.514. The van der Waals surface area contributed by atoms with Crippen molar-refractivity contribution in [2.75, 3.05) is 13.2 Å². The third kappa shape index (κ3) is 2.70. The smallest absolute Gasteiger partial charge is 0.137 e. The summed E-state index contributed by atoms with van der Waals surface area (Å²) in [5.74, 6) is 5.76. The van der Waals surface area contributed by atoms with E-state index in [2.05, 4.69) is 5.43 Å². The average Bonchev–Trinajstić information content (AvgIpc) is 2.09. The van der Waals surface area contributed by atoms with Gasteiger partial charge in [0, 0.05) is 6.54 Å². The molecule has 66 valence electrons. The van der Waals surface area contributed by atoms with Crippen LogP contribution in [-0.4, -0.2) is 13.2 Å². The zero-order chi connectivity index (χ0) is 8.81. The van der Waals surface area contributed by atoms with E-state index < -0.39 is 0 Å². The molecule has 0 amide bonds. The van der Waals surface area contributed by atoms with Gasteiger partial charge < -0.3 is 4.74 Å². The van der Waals surface area contributed by atoms with Crippen LogP contribution in [0.1, 0.15) is 0 Å². The van der Waals surface area contributed by atoms with Gasteiger partial charge in [0.25, 0.3) is 0 Å². The zero-order valence-electron chi connectivity index (χ0n) is 6.59. The maximum Gasteiger partial charge on any atom is 0.137 e. The molecule has 0 unspecified atom stereocenters. The third-order valence-electron chi connectivity index (χ3n) is 1.34. The highest BCUT2D eigenvalue weighted by Gasteiger charge is 1.97. The van der Waals surface area contributed by atoms with Crippen LogP contribution in [0.2, 0.25) is 5.02 Å².